The van der Waals surface area contributed by atoms with Gasteiger partial charge in [-0.2, -0.15) is 0 Å². The van der Waals surface area contributed by atoms with Crippen molar-refractivity contribution < 1.29 is 17.9 Å². The number of carbonyl (C=O) groups excluding carboxylic acids is 1. The number of rotatable bonds is 8. The number of halogens is 1. The molecule has 0 fully saturated rings. The Kier molecular flexibility index (Phi) is 7.58. The van der Waals surface area contributed by atoms with Crippen LogP contribution in [-0.2, 0) is 21.4 Å². The van der Waals surface area contributed by atoms with Crippen molar-refractivity contribution in [2.24, 2.45) is 0 Å². The molecule has 0 aliphatic heterocycles. The zero-order valence-corrected chi connectivity index (χ0v) is 20.6. The highest BCUT2D eigenvalue weighted by atomic mass is 79.9. The molecule has 32 heavy (non-hydrogen) atoms. The quantitative estimate of drug-likeness (QED) is 0.438. The van der Waals surface area contributed by atoms with Crippen molar-refractivity contribution in [1.29, 1.82) is 0 Å². The Bertz CT molecular complexity index is 1180. The number of carbonyl (C=O) groups is 1. The number of anilines is 1. The SMILES string of the molecule is COc1ccccc1CN(C)C(=O)CN(c1ccc(Br)cc1)S(=O)(=O)c1ccc(C)cc1. The smallest absolute Gasteiger partial charge is 0.264 e. The second kappa shape index (κ2) is 10.2. The van der Waals surface area contributed by atoms with Gasteiger partial charge >= 0.3 is 0 Å². The Hall–Kier alpha value is -2.84. The first-order valence-electron chi connectivity index (χ1n) is 9.93. The van der Waals surface area contributed by atoms with Gasteiger partial charge in [0.25, 0.3) is 10.0 Å². The van der Waals surface area contributed by atoms with Gasteiger partial charge in [0.15, 0.2) is 0 Å². The number of amides is 1. The van der Waals surface area contributed by atoms with E-state index in [9.17, 15) is 13.2 Å². The van der Waals surface area contributed by atoms with Gasteiger partial charge in [0.2, 0.25) is 5.91 Å². The minimum absolute atomic E-state index is 0.131. The Morgan fingerprint density at radius 2 is 1.59 bits per heavy atom. The molecule has 8 heteroatoms. The lowest BCUT2D eigenvalue weighted by molar-refractivity contribution is -0.128. The molecule has 1 amide bonds. The van der Waals surface area contributed by atoms with Crippen LogP contribution in [0.4, 0.5) is 5.69 Å². The minimum atomic E-state index is -3.95. The van der Waals surface area contributed by atoms with E-state index in [0.29, 0.717) is 18.0 Å². The molecular weight excluding hydrogens is 492 g/mol. The van der Waals surface area contributed by atoms with Crippen molar-refractivity contribution >= 4 is 37.5 Å². The van der Waals surface area contributed by atoms with E-state index in [1.165, 1.54) is 4.90 Å². The first-order valence-corrected chi connectivity index (χ1v) is 12.2. The van der Waals surface area contributed by atoms with Crippen LogP contribution in [0.15, 0.2) is 82.2 Å². The molecule has 0 aliphatic carbocycles. The number of ether oxygens (including phenoxy) is 1. The second-order valence-corrected chi connectivity index (χ2v) is 10.1. The average Bonchev–Trinajstić information content (AvgIpc) is 2.78. The molecular formula is C24H25BrN2O4S. The van der Waals surface area contributed by atoms with Crippen molar-refractivity contribution in [1.82, 2.24) is 4.90 Å². The fourth-order valence-corrected chi connectivity index (χ4v) is 4.86. The summed E-state index contributed by atoms with van der Waals surface area (Å²) in [6.45, 7) is 1.85. The van der Waals surface area contributed by atoms with Gasteiger partial charge in [0.05, 0.1) is 17.7 Å². The van der Waals surface area contributed by atoms with Crippen LogP contribution in [0.3, 0.4) is 0 Å². The fourth-order valence-electron chi connectivity index (χ4n) is 3.18. The molecule has 0 saturated heterocycles. The Labute approximate surface area is 197 Å². The maximum absolute atomic E-state index is 13.5. The number of sulfonamides is 1. The Balaban J connectivity index is 1.90. The third-order valence-electron chi connectivity index (χ3n) is 5.03. The van der Waals surface area contributed by atoms with E-state index in [1.807, 2.05) is 31.2 Å². The van der Waals surface area contributed by atoms with Gasteiger partial charge in [-0.3, -0.25) is 9.10 Å². The third-order valence-corrected chi connectivity index (χ3v) is 7.34. The van der Waals surface area contributed by atoms with Gasteiger partial charge in [-0.05, 0) is 49.4 Å². The molecule has 0 spiro atoms. The number of benzene rings is 3. The van der Waals surface area contributed by atoms with Crippen molar-refractivity contribution in [3.05, 3.63) is 88.4 Å². The summed E-state index contributed by atoms with van der Waals surface area (Å²) in [7, 11) is -0.733. The van der Waals surface area contributed by atoms with Crippen LogP contribution >= 0.6 is 15.9 Å². The first-order chi connectivity index (χ1) is 15.2. The lowest BCUT2D eigenvalue weighted by Crippen LogP contribution is -2.41. The van der Waals surface area contributed by atoms with Crippen LogP contribution in [0.25, 0.3) is 0 Å². The zero-order chi connectivity index (χ0) is 23.3. The topological polar surface area (TPSA) is 66.9 Å². The van der Waals surface area contributed by atoms with Crippen molar-refractivity contribution in [3.8, 4) is 5.75 Å². The monoisotopic (exact) mass is 516 g/mol. The van der Waals surface area contributed by atoms with Crippen LogP contribution in [0.2, 0.25) is 0 Å². The Morgan fingerprint density at radius 1 is 0.969 bits per heavy atom. The van der Waals surface area contributed by atoms with E-state index < -0.39 is 10.0 Å². The minimum Gasteiger partial charge on any atom is -0.496 e. The lowest BCUT2D eigenvalue weighted by atomic mass is 10.2. The third kappa shape index (κ3) is 5.49. The zero-order valence-electron chi connectivity index (χ0n) is 18.2. The number of para-hydroxylation sites is 1. The number of aryl methyl sites for hydroxylation is 1. The number of nitrogens with zero attached hydrogens (tertiary/aromatic N) is 2. The molecule has 0 aliphatic rings. The molecule has 3 aromatic carbocycles. The highest BCUT2D eigenvalue weighted by Crippen LogP contribution is 2.26. The summed E-state index contributed by atoms with van der Waals surface area (Å²) >= 11 is 3.37. The van der Waals surface area contributed by atoms with Crippen molar-refractivity contribution in [2.75, 3.05) is 25.0 Å². The molecule has 0 radical (unpaired) electrons. The van der Waals surface area contributed by atoms with Crippen molar-refractivity contribution in [2.45, 2.75) is 18.4 Å². The summed E-state index contributed by atoms with van der Waals surface area (Å²) in [6.07, 6.45) is 0. The number of likely N-dealkylation sites (N-methyl/N-ethyl adjacent to an activating group) is 1. The van der Waals surface area contributed by atoms with Crippen molar-refractivity contribution in [3.63, 3.8) is 0 Å². The standard InChI is InChI=1S/C24H25BrN2O4S/c1-18-8-14-22(15-9-18)32(29,30)27(21-12-10-20(25)11-13-21)17-24(28)26(2)16-19-6-4-5-7-23(19)31-3/h4-15H,16-17H2,1-3H3. The summed E-state index contributed by atoms with van der Waals surface area (Å²) in [4.78, 5) is 14.7. The summed E-state index contributed by atoms with van der Waals surface area (Å²) < 4.78 is 34.3. The largest absolute Gasteiger partial charge is 0.496 e. The van der Waals surface area contributed by atoms with E-state index >= 15 is 0 Å². The maximum atomic E-state index is 13.5. The lowest BCUT2D eigenvalue weighted by Gasteiger charge is -2.27. The first kappa shape index (κ1) is 23.8. The molecule has 0 heterocycles. The molecule has 0 unspecified atom stereocenters. The van der Waals surface area contributed by atoms with Gasteiger partial charge in [-0.15, -0.1) is 0 Å². The highest BCUT2D eigenvalue weighted by Gasteiger charge is 2.28. The summed E-state index contributed by atoms with van der Waals surface area (Å²) in [6, 6.07) is 20.8. The number of methoxy groups -OCH3 is 1. The van der Waals surface area contributed by atoms with Crippen LogP contribution in [0.1, 0.15) is 11.1 Å². The van der Waals surface area contributed by atoms with Gasteiger partial charge in [0.1, 0.15) is 12.3 Å². The molecule has 0 saturated carbocycles. The summed E-state index contributed by atoms with van der Waals surface area (Å²) in [5, 5.41) is 0. The highest BCUT2D eigenvalue weighted by molar-refractivity contribution is 9.10. The molecule has 3 rings (SSSR count). The molecule has 3 aromatic rings. The second-order valence-electron chi connectivity index (χ2n) is 7.36. The van der Waals surface area contributed by atoms with Crippen LogP contribution in [0, 0.1) is 6.92 Å². The molecule has 6 nitrogen and oxygen atoms in total. The van der Waals surface area contributed by atoms with E-state index in [1.54, 1.807) is 62.7 Å². The van der Waals surface area contributed by atoms with Crippen LogP contribution in [-0.4, -0.2) is 39.9 Å². The average molecular weight is 517 g/mol. The maximum Gasteiger partial charge on any atom is 0.264 e. The summed E-state index contributed by atoms with van der Waals surface area (Å²) in [5.41, 5.74) is 2.20. The van der Waals surface area contributed by atoms with E-state index in [2.05, 4.69) is 15.9 Å². The van der Waals surface area contributed by atoms with Crippen LogP contribution in [0.5, 0.6) is 5.75 Å². The number of hydrogen-bond acceptors (Lipinski definition) is 4. The van der Waals surface area contributed by atoms with Gasteiger partial charge in [-0.25, -0.2) is 8.42 Å². The predicted molar refractivity (Wildman–Crippen MR) is 129 cm³/mol. The van der Waals surface area contributed by atoms with Gasteiger partial charge < -0.3 is 9.64 Å². The van der Waals surface area contributed by atoms with E-state index in [0.717, 1.165) is 19.9 Å². The molecule has 0 aromatic heterocycles. The van der Waals surface area contributed by atoms with E-state index in [-0.39, 0.29) is 17.3 Å². The molecule has 0 N–H and O–H groups in total. The van der Waals surface area contributed by atoms with Gasteiger partial charge in [-0.1, -0.05) is 51.8 Å². The fraction of sp³-hybridized carbons (Fsp3) is 0.208. The summed E-state index contributed by atoms with van der Waals surface area (Å²) in [5.74, 6) is 0.332. The molecule has 168 valence electrons. The Morgan fingerprint density at radius 3 is 2.22 bits per heavy atom. The number of hydrogen-bond donors (Lipinski definition) is 0. The van der Waals surface area contributed by atoms with Crippen LogP contribution < -0.4 is 9.04 Å². The molecule has 0 bridgehead atoms. The van der Waals surface area contributed by atoms with Gasteiger partial charge in [0, 0.05) is 23.6 Å². The predicted octanol–water partition coefficient (Wildman–Crippen LogP) is 4.62. The van der Waals surface area contributed by atoms with E-state index in [4.69, 9.17) is 4.74 Å². The normalized spacial score (nSPS) is 11.1. The molecule has 0 atom stereocenters.